The number of para-hydroxylation sites is 1. The van der Waals surface area contributed by atoms with Crippen molar-refractivity contribution in [3.63, 3.8) is 0 Å². The Balaban J connectivity index is 2.09. The molecule has 0 aliphatic rings. The Labute approximate surface area is 136 Å². The molecular weight excluding hydrogens is 389 g/mol. The zero-order valence-electron chi connectivity index (χ0n) is 10.8. The minimum Gasteiger partial charge on any atom is -0.496 e. The third-order valence-electron chi connectivity index (χ3n) is 2.75. The van der Waals surface area contributed by atoms with E-state index in [9.17, 15) is 4.79 Å². The van der Waals surface area contributed by atoms with Gasteiger partial charge in [0, 0.05) is 14.2 Å². The lowest BCUT2D eigenvalue weighted by Gasteiger charge is -2.10. The molecule has 0 saturated carbocycles. The van der Waals surface area contributed by atoms with E-state index in [1.165, 1.54) is 0 Å². The third kappa shape index (κ3) is 3.86. The van der Waals surface area contributed by atoms with Crippen LogP contribution >= 0.6 is 34.2 Å². The second kappa shape index (κ2) is 6.95. The summed E-state index contributed by atoms with van der Waals surface area (Å²) in [4.78, 5) is 12.1. The first-order valence-electron chi connectivity index (χ1n) is 5.97. The molecule has 0 heterocycles. The van der Waals surface area contributed by atoms with E-state index in [4.69, 9.17) is 16.3 Å². The van der Waals surface area contributed by atoms with Crippen molar-refractivity contribution in [2.45, 2.75) is 6.42 Å². The molecule has 0 bridgehead atoms. The largest absolute Gasteiger partial charge is 0.496 e. The minimum atomic E-state index is -0.0882. The molecule has 0 aliphatic carbocycles. The molecule has 0 atom stereocenters. The predicted molar refractivity (Wildman–Crippen MR) is 89.5 cm³/mol. The van der Waals surface area contributed by atoms with Crippen molar-refractivity contribution in [1.29, 1.82) is 0 Å². The number of hydrogen-bond donors (Lipinski definition) is 1. The van der Waals surface area contributed by atoms with Crippen LogP contribution in [0, 0.1) is 3.57 Å². The van der Waals surface area contributed by atoms with E-state index in [1.54, 1.807) is 25.3 Å². The maximum absolute atomic E-state index is 12.1. The first kappa shape index (κ1) is 15.1. The van der Waals surface area contributed by atoms with E-state index in [0.29, 0.717) is 10.8 Å². The van der Waals surface area contributed by atoms with Crippen LogP contribution in [-0.4, -0.2) is 13.0 Å². The smallest absolute Gasteiger partial charge is 0.228 e. The summed E-state index contributed by atoms with van der Waals surface area (Å²) in [5, 5.41) is 3.53. The second-order valence-corrected chi connectivity index (χ2v) is 5.76. The number of methoxy groups -OCH3 is 1. The molecule has 2 rings (SSSR count). The fourth-order valence-electron chi connectivity index (χ4n) is 1.81. The molecule has 2 aromatic carbocycles. The minimum absolute atomic E-state index is 0.0882. The van der Waals surface area contributed by atoms with Gasteiger partial charge in [-0.1, -0.05) is 29.8 Å². The summed E-state index contributed by atoms with van der Waals surface area (Å²) in [5.74, 6) is 0.628. The molecular formula is C15H13ClINO2. The first-order chi connectivity index (χ1) is 9.60. The summed E-state index contributed by atoms with van der Waals surface area (Å²) in [6.45, 7) is 0. The Morgan fingerprint density at radius 2 is 2.05 bits per heavy atom. The van der Waals surface area contributed by atoms with Crippen LogP contribution < -0.4 is 10.1 Å². The number of rotatable bonds is 4. The summed E-state index contributed by atoms with van der Waals surface area (Å²) in [6, 6.07) is 12.8. The van der Waals surface area contributed by atoms with Crippen LogP contribution in [0.15, 0.2) is 42.5 Å². The number of ether oxygens (including phenoxy) is 1. The van der Waals surface area contributed by atoms with Gasteiger partial charge in [0.2, 0.25) is 5.91 Å². The van der Waals surface area contributed by atoms with E-state index >= 15 is 0 Å². The molecule has 0 unspecified atom stereocenters. The number of halogens is 2. The molecule has 0 fully saturated rings. The predicted octanol–water partition coefficient (Wildman–Crippen LogP) is 4.13. The standard InChI is InChI=1S/C15H13ClINO2/c1-20-14-5-3-2-4-10(14)8-15(19)18-13-7-6-11(16)9-12(13)17/h2-7,9H,8H2,1H3,(H,18,19). The van der Waals surface area contributed by atoms with E-state index in [2.05, 4.69) is 27.9 Å². The Bertz CT molecular complexity index is 631. The fourth-order valence-corrected chi connectivity index (χ4v) is 2.81. The van der Waals surface area contributed by atoms with Crippen molar-refractivity contribution >= 4 is 45.8 Å². The molecule has 2 aromatic rings. The van der Waals surface area contributed by atoms with E-state index in [-0.39, 0.29) is 12.3 Å². The van der Waals surface area contributed by atoms with E-state index in [0.717, 1.165) is 14.8 Å². The lowest BCUT2D eigenvalue weighted by Crippen LogP contribution is -2.15. The number of hydrogen-bond acceptors (Lipinski definition) is 2. The summed E-state index contributed by atoms with van der Waals surface area (Å²) < 4.78 is 6.14. The molecule has 3 nitrogen and oxygen atoms in total. The van der Waals surface area contributed by atoms with Crippen molar-refractivity contribution in [1.82, 2.24) is 0 Å². The van der Waals surface area contributed by atoms with Crippen molar-refractivity contribution in [3.05, 3.63) is 56.6 Å². The van der Waals surface area contributed by atoms with Crippen LogP contribution in [0.1, 0.15) is 5.56 Å². The van der Waals surface area contributed by atoms with E-state index < -0.39 is 0 Å². The maximum atomic E-state index is 12.1. The Morgan fingerprint density at radius 1 is 1.30 bits per heavy atom. The Kier molecular flexibility index (Phi) is 5.25. The van der Waals surface area contributed by atoms with Crippen molar-refractivity contribution < 1.29 is 9.53 Å². The highest BCUT2D eigenvalue weighted by molar-refractivity contribution is 14.1. The zero-order valence-corrected chi connectivity index (χ0v) is 13.7. The molecule has 5 heteroatoms. The van der Waals surface area contributed by atoms with Gasteiger partial charge in [-0.25, -0.2) is 0 Å². The van der Waals surface area contributed by atoms with Crippen molar-refractivity contribution in [3.8, 4) is 5.75 Å². The normalized spacial score (nSPS) is 10.2. The van der Waals surface area contributed by atoms with Gasteiger partial charge in [-0.15, -0.1) is 0 Å². The number of carbonyl (C=O) groups excluding carboxylic acids is 1. The molecule has 0 aliphatic heterocycles. The molecule has 0 saturated heterocycles. The van der Waals surface area contributed by atoms with Gasteiger partial charge >= 0.3 is 0 Å². The fraction of sp³-hybridized carbons (Fsp3) is 0.133. The number of nitrogens with one attached hydrogen (secondary N) is 1. The molecule has 0 spiro atoms. The number of amides is 1. The molecule has 1 amide bonds. The Hall–Kier alpha value is -1.27. The SMILES string of the molecule is COc1ccccc1CC(=O)Nc1ccc(Cl)cc1I. The number of anilines is 1. The quantitative estimate of drug-likeness (QED) is 0.782. The van der Waals surface area contributed by atoms with Crippen LogP contribution in [0.3, 0.4) is 0 Å². The van der Waals surface area contributed by atoms with Gasteiger partial charge in [0.15, 0.2) is 0 Å². The second-order valence-electron chi connectivity index (χ2n) is 4.16. The van der Waals surface area contributed by atoms with Crippen LogP contribution in [0.4, 0.5) is 5.69 Å². The highest BCUT2D eigenvalue weighted by atomic mass is 127. The summed E-state index contributed by atoms with van der Waals surface area (Å²) in [5.41, 5.74) is 1.62. The summed E-state index contributed by atoms with van der Waals surface area (Å²) in [7, 11) is 1.60. The zero-order chi connectivity index (χ0) is 14.5. The van der Waals surface area contributed by atoms with Gasteiger partial charge in [-0.2, -0.15) is 0 Å². The number of carbonyl (C=O) groups is 1. The van der Waals surface area contributed by atoms with Crippen molar-refractivity contribution in [2.75, 3.05) is 12.4 Å². The lowest BCUT2D eigenvalue weighted by atomic mass is 10.1. The monoisotopic (exact) mass is 401 g/mol. The molecule has 104 valence electrons. The molecule has 1 N–H and O–H groups in total. The van der Waals surface area contributed by atoms with Gasteiger partial charge in [-0.3, -0.25) is 4.79 Å². The topological polar surface area (TPSA) is 38.3 Å². The highest BCUT2D eigenvalue weighted by Gasteiger charge is 2.10. The van der Waals surface area contributed by atoms with Gasteiger partial charge in [0.1, 0.15) is 5.75 Å². The number of benzene rings is 2. The van der Waals surface area contributed by atoms with E-state index in [1.807, 2.05) is 24.3 Å². The lowest BCUT2D eigenvalue weighted by molar-refractivity contribution is -0.115. The van der Waals surface area contributed by atoms with Crippen LogP contribution in [0.25, 0.3) is 0 Å². The van der Waals surface area contributed by atoms with Gasteiger partial charge in [0.25, 0.3) is 0 Å². The summed E-state index contributed by atoms with van der Waals surface area (Å²) >= 11 is 8.03. The van der Waals surface area contributed by atoms with Gasteiger partial charge < -0.3 is 10.1 Å². The van der Waals surface area contributed by atoms with Crippen LogP contribution in [0.5, 0.6) is 5.75 Å². The molecule has 0 radical (unpaired) electrons. The highest BCUT2D eigenvalue weighted by Crippen LogP contribution is 2.23. The van der Waals surface area contributed by atoms with Gasteiger partial charge in [0.05, 0.1) is 19.2 Å². The van der Waals surface area contributed by atoms with Crippen molar-refractivity contribution in [2.24, 2.45) is 0 Å². The maximum Gasteiger partial charge on any atom is 0.228 e. The first-order valence-corrected chi connectivity index (χ1v) is 7.42. The summed E-state index contributed by atoms with van der Waals surface area (Å²) in [6.07, 6.45) is 0.267. The van der Waals surface area contributed by atoms with Crippen LogP contribution in [0.2, 0.25) is 5.02 Å². The average Bonchev–Trinajstić information content (AvgIpc) is 2.42. The molecule has 20 heavy (non-hydrogen) atoms. The average molecular weight is 402 g/mol. The van der Waals surface area contributed by atoms with Gasteiger partial charge in [-0.05, 0) is 46.9 Å². The molecule has 0 aromatic heterocycles. The Morgan fingerprint density at radius 3 is 2.75 bits per heavy atom. The third-order valence-corrected chi connectivity index (χ3v) is 3.88. The van der Waals surface area contributed by atoms with Crippen LogP contribution in [-0.2, 0) is 11.2 Å².